The third-order valence-electron chi connectivity index (χ3n) is 2.56. The zero-order chi connectivity index (χ0) is 12.4. The minimum Gasteiger partial charge on any atom is -0.461 e. The highest BCUT2D eigenvalue weighted by Crippen LogP contribution is 2.20. The maximum Gasteiger partial charge on any atom is 0.229 e. The molecule has 0 saturated carbocycles. The lowest BCUT2D eigenvalue weighted by Gasteiger charge is -2.07. The Morgan fingerprint density at radius 3 is 2.76 bits per heavy atom. The van der Waals surface area contributed by atoms with Crippen molar-refractivity contribution in [3.63, 3.8) is 0 Å². The van der Waals surface area contributed by atoms with Crippen LogP contribution in [0.2, 0.25) is 0 Å². The molecule has 2 rings (SSSR count). The molecule has 0 atom stereocenters. The minimum absolute atomic E-state index is 0.0142. The Morgan fingerprint density at radius 2 is 2.12 bits per heavy atom. The fraction of sp³-hybridized carbons (Fsp3) is 0.231. The predicted molar refractivity (Wildman–Crippen MR) is 64.0 cm³/mol. The highest BCUT2D eigenvalue weighted by molar-refractivity contribution is 5.87. The molecule has 0 aliphatic heterocycles. The minimum atomic E-state index is -0.0142. The summed E-state index contributed by atoms with van der Waals surface area (Å²) in [6.45, 7) is 0. The predicted octanol–water partition coefficient (Wildman–Crippen LogP) is 1.88. The van der Waals surface area contributed by atoms with Gasteiger partial charge in [-0.05, 0) is 12.1 Å². The molecular weight excluding hydrogens is 218 g/mol. The molecular formula is C13H13NO3. The summed E-state index contributed by atoms with van der Waals surface area (Å²) in [6.07, 6.45) is 1.00. The van der Waals surface area contributed by atoms with Gasteiger partial charge in [0.1, 0.15) is 17.6 Å². The van der Waals surface area contributed by atoms with Crippen LogP contribution in [0.25, 0.3) is 11.0 Å². The van der Waals surface area contributed by atoms with Gasteiger partial charge in [0.2, 0.25) is 5.91 Å². The maximum absolute atomic E-state index is 11.5. The Labute approximate surface area is 98.8 Å². The lowest BCUT2D eigenvalue weighted by atomic mass is 10.2. The van der Waals surface area contributed by atoms with Gasteiger partial charge in [-0.3, -0.25) is 9.59 Å². The number of carbonyl (C=O) groups is 2. The van der Waals surface area contributed by atoms with Gasteiger partial charge < -0.3 is 9.32 Å². The average Bonchev–Trinajstić information content (AvgIpc) is 2.69. The van der Waals surface area contributed by atoms with E-state index in [1.807, 2.05) is 12.1 Å². The van der Waals surface area contributed by atoms with E-state index in [2.05, 4.69) is 0 Å². The van der Waals surface area contributed by atoms with Crippen molar-refractivity contribution >= 4 is 23.2 Å². The summed E-state index contributed by atoms with van der Waals surface area (Å²) in [5.41, 5.74) is 1.20. The second-order valence-electron chi connectivity index (χ2n) is 4.09. The van der Waals surface area contributed by atoms with Gasteiger partial charge in [-0.15, -0.1) is 0 Å². The Balaban J connectivity index is 2.31. The quantitative estimate of drug-likeness (QED) is 0.758. The molecule has 1 aromatic carbocycles. The van der Waals surface area contributed by atoms with Gasteiger partial charge in [0.05, 0.1) is 6.42 Å². The number of fused-ring (bicyclic) bond motifs is 1. The second-order valence-corrected chi connectivity index (χ2v) is 4.09. The van der Waals surface area contributed by atoms with E-state index >= 15 is 0 Å². The van der Waals surface area contributed by atoms with Crippen LogP contribution in [-0.2, 0) is 11.2 Å². The first-order chi connectivity index (χ1) is 8.10. The van der Waals surface area contributed by atoms with Crippen LogP contribution in [-0.4, -0.2) is 31.2 Å². The lowest BCUT2D eigenvalue weighted by molar-refractivity contribution is -0.128. The zero-order valence-electron chi connectivity index (χ0n) is 9.77. The smallest absolute Gasteiger partial charge is 0.229 e. The lowest BCUT2D eigenvalue weighted by Crippen LogP contribution is -2.23. The third-order valence-corrected chi connectivity index (χ3v) is 2.56. The van der Waals surface area contributed by atoms with E-state index in [1.165, 1.54) is 4.90 Å². The van der Waals surface area contributed by atoms with Crippen LogP contribution in [0.5, 0.6) is 0 Å². The summed E-state index contributed by atoms with van der Waals surface area (Å²) in [5, 5.41) is 0.900. The molecule has 4 heteroatoms. The summed E-state index contributed by atoms with van der Waals surface area (Å²) in [4.78, 5) is 23.7. The number of furan rings is 1. The first-order valence-corrected chi connectivity index (χ1v) is 5.28. The van der Waals surface area contributed by atoms with E-state index in [1.54, 1.807) is 26.2 Å². The molecule has 0 aliphatic carbocycles. The Kier molecular flexibility index (Phi) is 2.95. The topological polar surface area (TPSA) is 50.5 Å². The van der Waals surface area contributed by atoms with Crippen LogP contribution < -0.4 is 0 Å². The van der Waals surface area contributed by atoms with Crippen LogP contribution in [0.15, 0.2) is 28.7 Å². The molecule has 17 heavy (non-hydrogen) atoms. The van der Waals surface area contributed by atoms with Crippen LogP contribution >= 0.6 is 0 Å². The SMILES string of the molecule is CN(C)C(=O)Cc1cc2ccc(C=O)cc2o1. The number of amides is 1. The van der Waals surface area contributed by atoms with Crippen molar-refractivity contribution in [1.82, 2.24) is 4.90 Å². The number of likely N-dealkylation sites (N-methyl/N-ethyl adjacent to an activating group) is 1. The van der Waals surface area contributed by atoms with E-state index in [-0.39, 0.29) is 12.3 Å². The second kappa shape index (κ2) is 4.41. The van der Waals surface area contributed by atoms with Gasteiger partial charge in [0.25, 0.3) is 0 Å². The molecule has 1 aromatic heterocycles. The van der Waals surface area contributed by atoms with Crippen molar-refractivity contribution in [2.24, 2.45) is 0 Å². The monoisotopic (exact) mass is 231 g/mol. The Bertz CT molecular complexity index is 569. The number of hydrogen-bond acceptors (Lipinski definition) is 3. The number of rotatable bonds is 3. The van der Waals surface area contributed by atoms with Crippen molar-refractivity contribution in [3.05, 3.63) is 35.6 Å². The van der Waals surface area contributed by atoms with Gasteiger partial charge >= 0.3 is 0 Å². The van der Waals surface area contributed by atoms with Gasteiger partial charge in [0.15, 0.2) is 0 Å². The summed E-state index contributed by atoms with van der Waals surface area (Å²) in [7, 11) is 3.41. The van der Waals surface area contributed by atoms with Crippen molar-refractivity contribution in [1.29, 1.82) is 0 Å². The molecule has 88 valence electrons. The molecule has 2 aromatic rings. The summed E-state index contributed by atoms with van der Waals surface area (Å²) in [6, 6.07) is 7.03. The number of carbonyl (C=O) groups excluding carboxylic acids is 2. The molecule has 0 aliphatic rings. The Hall–Kier alpha value is -2.10. The highest BCUT2D eigenvalue weighted by Gasteiger charge is 2.10. The van der Waals surface area contributed by atoms with Gasteiger partial charge in [0, 0.05) is 25.0 Å². The molecule has 1 amide bonds. The first-order valence-electron chi connectivity index (χ1n) is 5.28. The van der Waals surface area contributed by atoms with E-state index in [4.69, 9.17) is 4.42 Å². The molecule has 1 heterocycles. The van der Waals surface area contributed by atoms with Crippen LogP contribution in [0.3, 0.4) is 0 Å². The maximum atomic E-state index is 11.5. The highest BCUT2D eigenvalue weighted by atomic mass is 16.3. The van der Waals surface area contributed by atoms with Crippen LogP contribution in [0.1, 0.15) is 16.1 Å². The van der Waals surface area contributed by atoms with E-state index in [0.717, 1.165) is 11.7 Å². The summed E-state index contributed by atoms with van der Waals surface area (Å²) < 4.78 is 5.52. The van der Waals surface area contributed by atoms with Crippen molar-refractivity contribution in [2.45, 2.75) is 6.42 Å². The fourth-order valence-electron chi connectivity index (χ4n) is 1.57. The number of hydrogen-bond donors (Lipinski definition) is 0. The normalized spacial score (nSPS) is 10.5. The largest absolute Gasteiger partial charge is 0.461 e. The van der Waals surface area contributed by atoms with Gasteiger partial charge in [-0.1, -0.05) is 12.1 Å². The molecule has 0 spiro atoms. The molecule has 4 nitrogen and oxygen atoms in total. The summed E-state index contributed by atoms with van der Waals surface area (Å²) >= 11 is 0. The number of nitrogens with zero attached hydrogens (tertiary/aromatic N) is 1. The fourth-order valence-corrected chi connectivity index (χ4v) is 1.57. The molecule has 0 N–H and O–H groups in total. The zero-order valence-corrected chi connectivity index (χ0v) is 9.77. The van der Waals surface area contributed by atoms with E-state index in [0.29, 0.717) is 16.9 Å². The van der Waals surface area contributed by atoms with Crippen molar-refractivity contribution < 1.29 is 14.0 Å². The van der Waals surface area contributed by atoms with Crippen molar-refractivity contribution in [3.8, 4) is 0 Å². The average molecular weight is 231 g/mol. The van der Waals surface area contributed by atoms with Gasteiger partial charge in [-0.2, -0.15) is 0 Å². The first kappa shape index (κ1) is 11.4. The van der Waals surface area contributed by atoms with E-state index in [9.17, 15) is 9.59 Å². The van der Waals surface area contributed by atoms with Crippen LogP contribution in [0, 0.1) is 0 Å². The molecule has 0 radical (unpaired) electrons. The molecule has 0 unspecified atom stereocenters. The summed E-state index contributed by atoms with van der Waals surface area (Å²) in [5.74, 6) is 0.599. The Morgan fingerprint density at radius 1 is 1.35 bits per heavy atom. The van der Waals surface area contributed by atoms with Gasteiger partial charge in [-0.25, -0.2) is 0 Å². The van der Waals surface area contributed by atoms with E-state index < -0.39 is 0 Å². The number of aldehydes is 1. The standard InChI is InChI=1S/C13H13NO3/c1-14(2)13(16)7-11-6-10-4-3-9(8-15)5-12(10)17-11/h3-6,8H,7H2,1-2H3. The molecule has 0 bridgehead atoms. The number of benzene rings is 1. The third kappa shape index (κ3) is 2.36. The van der Waals surface area contributed by atoms with Crippen LogP contribution in [0.4, 0.5) is 0 Å². The van der Waals surface area contributed by atoms with Crippen molar-refractivity contribution in [2.75, 3.05) is 14.1 Å². The molecule has 0 fully saturated rings. The molecule has 0 saturated heterocycles.